The number of sulfonamides is 1. The zero-order chi connectivity index (χ0) is 18.0. The Kier molecular flexibility index (Phi) is 4.78. The van der Waals surface area contributed by atoms with Crippen LogP contribution in [0.2, 0.25) is 5.02 Å². The Morgan fingerprint density at radius 3 is 2.72 bits per heavy atom. The minimum Gasteiger partial charge on any atom is -0.269 e. The summed E-state index contributed by atoms with van der Waals surface area (Å²) < 4.78 is 30.5. The molecule has 3 rings (SSSR count). The molecule has 0 atom stereocenters. The highest BCUT2D eigenvalue weighted by molar-refractivity contribution is 7.92. The van der Waals surface area contributed by atoms with E-state index >= 15 is 0 Å². The van der Waals surface area contributed by atoms with Gasteiger partial charge >= 0.3 is 0 Å². The van der Waals surface area contributed by atoms with E-state index in [0.29, 0.717) is 23.8 Å². The van der Waals surface area contributed by atoms with Gasteiger partial charge in [0.15, 0.2) is 0 Å². The van der Waals surface area contributed by atoms with E-state index in [2.05, 4.69) is 19.9 Å². The van der Waals surface area contributed by atoms with Crippen molar-refractivity contribution in [1.29, 1.82) is 0 Å². The molecule has 0 aliphatic carbocycles. The van der Waals surface area contributed by atoms with E-state index in [9.17, 15) is 8.42 Å². The van der Waals surface area contributed by atoms with Crippen molar-refractivity contribution >= 4 is 27.6 Å². The number of halogens is 1. The SMILES string of the molecule is CCn1ncc(S(=O)(=O)Nc2ncn(Cc3ccccc3Cl)n2)c1C. The summed E-state index contributed by atoms with van der Waals surface area (Å²) >= 11 is 6.12. The second-order valence-electron chi connectivity index (χ2n) is 5.37. The molecule has 0 unspecified atom stereocenters. The Labute approximate surface area is 150 Å². The highest BCUT2D eigenvalue weighted by Crippen LogP contribution is 2.18. The van der Waals surface area contributed by atoms with Crippen molar-refractivity contribution in [3.63, 3.8) is 0 Å². The summed E-state index contributed by atoms with van der Waals surface area (Å²) in [5, 5.41) is 8.81. The molecule has 0 aliphatic rings. The lowest BCUT2D eigenvalue weighted by atomic mass is 10.2. The number of anilines is 1. The molecule has 10 heteroatoms. The van der Waals surface area contributed by atoms with Crippen molar-refractivity contribution in [2.75, 3.05) is 4.72 Å². The van der Waals surface area contributed by atoms with Crippen LogP contribution < -0.4 is 4.72 Å². The number of hydrogen-bond donors (Lipinski definition) is 1. The fraction of sp³-hybridized carbons (Fsp3) is 0.267. The highest BCUT2D eigenvalue weighted by Gasteiger charge is 2.22. The van der Waals surface area contributed by atoms with Gasteiger partial charge in [-0.2, -0.15) is 10.1 Å². The predicted molar refractivity (Wildman–Crippen MR) is 94.0 cm³/mol. The second-order valence-corrected chi connectivity index (χ2v) is 7.43. The topological polar surface area (TPSA) is 94.7 Å². The van der Waals surface area contributed by atoms with Gasteiger partial charge in [-0.25, -0.2) is 17.8 Å². The summed E-state index contributed by atoms with van der Waals surface area (Å²) in [5.41, 5.74) is 1.43. The van der Waals surface area contributed by atoms with Gasteiger partial charge in [0.1, 0.15) is 11.2 Å². The van der Waals surface area contributed by atoms with Crippen LogP contribution in [0, 0.1) is 6.92 Å². The number of nitrogens with zero attached hydrogens (tertiary/aromatic N) is 5. The molecule has 1 N–H and O–H groups in total. The molecule has 25 heavy (non-hydrogen) atoms. The quantitative estimate of drug-likeness (QED) is 0.708. The van der Waals surface area contributed by atoms with Crippen LogP contribution in [-0.2, 0) is 23.1 Å². The summed E-state index contributed by atoms with van der Waals surface area (Å²) in [7, 11) is -3.80. The third-order valence-electron chi connectivity index (χ3n) is 3.70. The largest absolute Gasteiger partial charge is 0.269 e. The van der Waals surface area contributed by atoms with Gasteiger partial charge < -0.3 is 0 Å². The van der Waals surface area contributed by atoms with Crippen LogP contribution in [0.25, 0.3) is 0 Å². The fourth-order valence-corrected chi connectivity index (χ4v) is 3.73. The molecule has 2 aromatic heterocycles. The molecule has 0 saturated heterocycles. The van der Waals surface area contributed by atoms with Gasteiger partial charge in [0.25, 0.3) is 16.0 Å². The molecule has 0 aliphatic heterocycles. The van der Waals surface area contributed by atoms with Gasteiger partial charge in [-0.05, 0) is 25.5 Å². The lowest BCUT2D eigenvalue weighted by Crippen LogP contribution is -2.15. The predicted octanol–water partition coefficient (Wildman–Crippen LogP) is 2.31. The lowest BCUT2D eigenvalue weighted by Gasteiger charge is -2.05. The molecule has 0 bridgehead atoms. The molecule has 0 amide bonds. The molecule has 0 saturated carbocycles. The molecule has 132 valence electrons. The summed E-state index contributed by atoms with van der Waals surface area (Å²) in [6.45, 7) is 4.57. The maximum absolute atomic E-state index is 12.5. The Morgan fingerprint density at radius 1 is 1.28 bits per heavy atom. The second kappa shape index (κ2) is 6.85. The number of benzene rings is 1. The fourth-order valence-electron chi connectivity index (χ4n) is 2.41. The zero-order valence-electron chi connectivity index (χ0n) is 13.7. The minimum absolute atomic E-state index is 0.00398. The maximum atomic E-state index is 12.5. The van der Waals surface area contributed by atoms with Crippen LogP contribution in [0.3, 0.4) is 0 Å². The molecule has 2 heterocycles. The monoisotopic (exact) mass is 380 g/mol. The third-order valence-corrected chi connectivity index (χ3v) is 5.50. The van der Waals surface area contributed by atoms with E-state index in [1.54, 1.807) is 17.7 Å². The maximum Gasteiger partial charge on any atom is 0.267 e. The van der Waals surface area contributed by atoms with Gasteiger partial charge in [0.2, 0.25) is 0 Å². The number of aryl methyl sites for hydroxylation is 1. The lowest BCUT2D eigenvalue weighted by molar-refractivity contribution is 0.597. The summed E-state index contributed by atoms with van der Waals surface area (Å²) in [5.74, 6) is -0.00398. The van der Waals surface area contributed by atoms with Crippen LogP contribution >= 0.6 is 11.6 Å². The zero-order valence-corrected chi connectivity index (χ0v) is 15.3. The van der Waals surface area contributed by atoms with Crippen molar-refractivity contribution < 1.29 is 8.42 Å². The summed E-state index contributed by atoms with van der Waals surface area (Å²) in [6, 6.07) is 7.36. The van der Waals surface area contributed by atoms with Gasteiger partial charge in [-0.1, -0.05) is 29.8 Å². The van der Waals surface area contributed by atoms with Crippen LogP contribution in [0.5, 0.6) is 0 Å². The molecule has 1 aromatic carbocycles. The first kappa shape index (κ1) is 17.4. The first-order valence-electron chi connectivity index (χ1n) is 7.59. The average Bonchev–Trinajstić information content (AvgIpc) is 3.15. The highest BCUT2D eigenvalue weighted by atomic mass is 35.5. The van der Waals surface area contributed by atoms with Gasteiger partial charge in [0, 0.05) is 11.6 Å². The van der Waals surface area contributed by atoms with Crippen LogP contribution in [-0.4, -0.2) is 33.0 Å². The summed E-state index contributed by atoms with van der Waals surface area (Å²) in [6.07, 6.45) is 2.77. The Hall–Kier alpha value is -2.39. The van der Waals surface area contributed by atoms with Crippen LogP contribution in [0.15, 0.2) is 41.7 Å². The molecule has 0 fully saturated rings. The standard InChI is InChI=1S/C15H17ClN6O2S/c1-3-22-11(2)14(8-18-22)25(23,24)20-15-17-10-21(19-15)9-12-6-4-5-7-13(12)16/h4-8,10H,3,9H2,1-2H3,(H,19,20). The van der Waals surface area contributed by atoms with Crippen molar-refractivity contribution in [1.82, 2.24) is 24.5 Å². The van der Waals surface area contributed by atoms with E-state index in [0.717, 1.165) is 5.56 Å². The molecule has 0 spiro atoms. The number of aromatic nitrogens is 5. The minimum atomic E-state index is -3.80. The van der Waals surface area contributed by atoms with E-state index in [1.165, 1.54) is 17.2 Å². The third kappa shape index (κ3) is 3.67. The van der Waals surface area contributed by atoms with Gasteiger partial charge in [0.05, 0.1) is 18.4 Å². The smallest absolute Gasteiger partial charge is 0.267 e. The first-order chi connectivity index (χ1) is 11.9. The van der Waals surface area contributed by atoms with E-state index < -0.39 is 10.0 Å². The number of nitrogens with one attached hydrogen (secondary N) is 1. The van der Waals surface area contributed by atoms with Crippen molar-refractivity contribution in [2.45, 2.75) is 31.8 Å². The van der Waals surface area contributed by atoms with Crippen molar-refractivity contribution in [3.05, 3.63) is 53.1 Å². The molecule has 8 nitrogen and oxygen atoms in total. The number of rotatable bonds is 6. The summed E-state index contributed by atoms with van der Waals surface area (Å²) in [4.78, 5) is 4.11. The number of hydrogen-bond acceptors (Lipinski definition) is 5. The molecule has 3 aromatic rings. The van der Waals surface area contributed by atoms with E-state index in [1.807, 2.05) is 25.1 Å². The average molecular weight is 381 g/mol. The van der Waals surface area contributed by atoms with Crippen LogP contribution in [0.4, 0.5) is 5.95 Å². The van der Waals surface area contributed by atoms with E-state index in [-0.39, 0.29) is 10.8 Å². The normalized spacial score (nSPS) is 11.6. The Morgan fingerprint density at radius 2 is 2.04 bits per heavy atom. The van der Waals surface area contributed by atoms with Crippen molar-refractivity contribution in [2.24, 2.45) is 0 Å². The molecular formula is C15H17ClN6O2S. The Bertz CT molecular complexity index is 995. The molecular weight excluding hydrogens is 364 g/mol. The van der Waals surface area contributed by atoms with Crippen LogP contribution in [0.1, 0.15) is 18.2 Å². The Balaban J connectivity index is 1.78. The molecule has 0 radical (unpaired) electrons. The first-order valence-corrected chi connectivity index (χ1v) is 9.45. The van der Waals surface area contributed by atoms with Gasteiger partial charge in [-0.15, -0.1) is 5.10 Å². The van der Waals surface area contributed by atoms with E-state index in [4.69, 9.17) is 11.6 Å². The van der Waals surface area contributed by atoms with Gasteiger partial charge in [-0.3, -0.25) is 4.68 Å². The van der Waals surface area contributed by atoms with Crippen molar-refractivity contribution in [3.8, 4) is 0 Å².